The van der Waals surface area contributed by atoms with E-state index in [1.54, 1.807) is 23.0 Å². The number of hydrogen-bond acceptors (Lipinski definition) is 4. The van der Waals surface area contributed by atoms with Crippen LogP contribution in [0.1, 0.15) is 5.56 Å². The molecule has 2 rings (SSSR count). The molecule has 6 heteroatoms. The fraction of sp³-hybridized carbons (Fsp3) is 0.250. The second kappa shape index (κ2) is 5.31. The maximum absolute atomic E-state index is 10.5. The van der Waals surface area contributed by atoms with Gasteiger partial charge in [0.15, 0.2) is 0 Å². The van der Waals surface area contributed by atoms with E-state index in [0.29, 0.717) is 0 Å². The number of nitrogens with one attached hydrogen (secondary N) is 1. The Bertz CT molecular complexity index is 533. The van der Waals surface area contributed by atoms with Gasteiger partial charge in [-0.05, 0) is 12.0 Å². The fourth-order valence-corrected chi connectivity index (χ4v) is 1.65. The minimum Gasteiger partial charge on any atom is -0.382 e. The Morgan fingerprint density at radius 2 is 2.11 bits per heavy atom. The maximum Gasteiger partial charge on any atom is 0.269 e. The summed E-state index contributed by atoms with van der Waals surface area (Å²) in [4.78, 5) is 10.1. The number of non-ortho nitro benzene ring substituents is 1. The van der Waals surface area contributed by atoms with E-state index in [-0.39, 0.29) is 5.69 Å². The summed E-state index contributed by atoms with van der Waals surface area (Å²) in [5.74, 6) is 0. The van der Waals surface area contributed by atoms with Gasteiger partial charge in [-0.2, -0.15) is 5.10 Å². The van der Waals surface area contributed by atoms with Gasteiger partial charge in [-0.15, -0.1) is 0 Å². The van der Waals surface area contributed by atoms with Gasteiger partial charge in [0.05, 0.1) is 16.8 Å². The van der Waals surface area contributed by atoms with Crippen LogP contribution < -0.4 is 5.32 Å². The molecule has 0 unspecified atom stereocenters. The number of rotatable bonds is 5. The van der Waals surface area contributed by atoms with E-state index in [0.717, 1.165) is 24.2 Å². The van der Waals surface area contributed by atoms with Crippen molar-refractivity contribution in [3.63, 3.8) is 0 Å². The van der Waals surface area contributed by atoms with Crippen LogP contribution in [0.4, 0.5) is 11.4 Å². The molecular weight excluding hydrogens is 232 g/mol. The molecule has 0 aliphatic rings. The zero-order valence-electron chi connectivity index (χ0n) is 10.0. The zero-order valence-corrected chi connectivity index (χ0v) is 10.0. The van der Waals surface area contributed by atoms with Crippen molar-refractivity contribution >= 4 is 11.4 Å². The standard InChI is InChI=1S/C12H14N4O2/c1-15-9-11(8-14-15)13-7-6-10-2-4-12(5-3-10)16(17)18/h2-5,8-9,13H,6-7H2,1H3. The highest BCUT2D eigenvalue weighted by Crippen LogP contribution is 2.12. The van der Waals surface area contributed by atoms with Crippen molar-refractivity contribution in [2.45, 2.75) is 6.42 Å². The highest BCUT2D eigenvalue weighted by molar-refractivity contribution is 5.38. The van der Waals surface area contributed by atoms with E-state index in [2.05, 4.69) is 10.4 Å². The molecule has 1 aromatic heterocycles. The van der Waals surface area contributed by atoms with Crippen LogP contribution in [0.15, 0.2) is 36.7 Å². The molecule has 0 spiro atoms. The third-order valence-electron chi connectivity index (χ3n) is 2.59. The number of hydrogen-bond donors (Lipinski definition) is 1. The van der Waals surface area contributed by atoms with Gasteiger partial charge in [0.1, 0.15) is 0 Å². The van der Waals surface area contributed by atoms with Gasteiger partial charge in [-0.25, -0.2) is 0 Å². The van der Waals surface area contributed by atoms with Crippen LogP contribution in [-0.2, 0) is 13.5 Å². The normalized spacial score (nSPS) is 10.3. The molecule has 2 aromatic rings. The number of nitro groups is 1. The van der Waals surface area contributed by atoms with Crippen LogP contribution in [0.2, 0.25) is 0 Å². The first-order valence-electron chi connectivity index (χ1n) is 5.61. The van der Waals surface area contributed by atoms with Crippen LogP contribution in [0.3, 0.4) is 0 Å². The fourth-order valence-electron chi connectivity index (χ4n) is 1.65. The molecule has 94 valence electrons. The maximum atomic E-state index is 10.5. The molecule has 0 atom stereocenters. The summed E-state index contributed by atoms with van der Waals surface area (Å²) in [6.45, 7) is 0.767. The first-order chi connectivity index (χ1) is 8.65. The molecule has 0 radical (unpaired) electrons. The number of anilines is 1. The van der Waals surface area contributed by atoms with E-state index in [4.69, 9.17) is 0 Å². The quantitative estimate of drug-likeness (QED) is 0.646. The molecule has 0 saturated heterocycles. The van der Waals surface area contributed by atoms with Gasteiger partial charge in [-0.1, -0.05) is 12.1 Å². The molecular formula is C12H14N4O2. The third kappa shape index (κ3) is 3.07. The molecule has 6 nitrogen and oxygen atoms in total. The smallest absolute Gasteiger partial charge is 0.269 e. The van der Waals surface area contributed by atoms with Crippen LogP contribution in [-0.4, -0.2) is 21.2 Å². The van der Waals surface area contributed by atoms with Crippen molar-refractivity contribution in [2.75, 3.05) is 11.9 Å². The van der Waals surface area contributed by atoms with Gasteiger partial charge in [-0.3, -0.25) is 14.8 Å². The van der Waals surface area contributed by atoms with Gasteiger partial charge in [0.25, 0.3) is 5.69 Å². The minimum atomic E-state index is -0.391. The summed E-state index contributed by atoms with van der Waals surface area (Å²) in [5.41, 5.74) is 2.16. The van der Waals surface area contributed by atoms with E-state index < -0.39 is 4.92 Å². The van der Waals surface area contributed by atoms with Crippen LogP contribution in [0, 0.1) is 10.1 Å². The van der Waals surface area contributed by atoms with Crippen molar-refractivity contribution in [1.29, 1.82) is 0 Å². The molecule has 0 amide bonds. The van der Waals surface area contributed by atoms with Crippen molar-refractivity contribution in [1.82, 2.24) is 9.78 Å². The molecule has 0 aliphatic carbocycles. The summed E-state index contributed by atoms with van der Waals surface area (Å²) in [6, 6.07) is 6.62. The molecule has 1 aromatic carbocycles. The Morgan fingerprint density at radius 3 is 2.67 bits per heavy atom. The van der Waals surface area contributed by atoms with E-state index in [1.807, 2.05) is 13.2 Å². The summed E-state index contributed by atoms with van der Waals surface area (Å²) < 4.78 is 1.73. The molecule has 18 heavy (non-hydrogen) atoms. The monoisotopic (exact) mass is 246 g/mol. The molecule has 0 aliphatic heterocycles. The van der Waals surface area contributed by atoms with Crippen LogP contribution in [0.5, 0.6) is 0 Å². The highest BCUT2D eigenvalue weighted by atomic mass is 16.6. The van der Waals surface area contributed by atoms with Crippen molar-refractivity contribution in [3.05, 3.63) is 52.3 Å². The Kier molecular flexibility index (Phi) is 3.57. The first-order valence-corrected chi connectivity index (χ1v) is 5.61. The number of aromatic nitrogens is 2. The number of benzene rings is 1. The Balaban J connectivity index is 1.85. The second-order valence-electron chi connectivity index (χ2n) is 4.00. The topological polar surface area (TPSA) is 73.0 Å². The molecule has 1 N–H and O–H groups in total. The number of aryl methyl sites for hydroxylation is 1. The summed E-state index contributed by atoms with van der Waals surface area (Å²) in [5, 5.41) is 17.8. The van der Waals surface area contributed by atoms with Crippen LogP contribution >= 0.6 is 0 Å². The predicted molar refractivity (Wildman–Crippen MR) is 68.5 cm³/mol. The van der Waals surface area contributed by atoms with Crippen LogP contribution in [0.25, 0.3) is 0 Å². The van der Waals surface area contributed by atoms with Crippen molar-refractivity contribution in [3.8, 4) is 0 Å². The average molecular weight is 246 g/mol. The van der Waals surface area contributed by atoms with Crippen molar-refractivity contribution < 1.29 is 4.92 Å². The molecule has 0 bridgehead atoms. The SMILES string of the molecule is Cn1cc(NCCc2ccc([N+](=O)[O-])cc2)cn1. The lowest BCUT2D eigenvalue weighted by Gasteiger charge is -2.03. The van der Waals surface area contributed by atoms with E-state index >= 15 is 0 Å². The number of nitro benzene ring substituents is 1. The number of nitrogens with zero attached hydrogens (tertiary/aromatic N) is 3. The Morgan fingerprint density at radius 1 is 1.39 bits per heavy atom. The van der Waals surface area contributed by atoms with E-state index in [1.165, 1.54) is 12.1 Å². The first kappa shape index (κ1) is 12.1. The largest absolute Gasteiger partial charge is 0.382 e. The summed E-state index contributed by atoms with van der Waals surface area (Å²) in [7, 11) is 1.86. The second-order valence-corrected chi connectivity index (χ2v) is 4.00. The molecule has 0 saturated carbocycles. The van der Waals surface area contributed by atoms with Gasteiger partial charge < -0.3 is 5.32 Å². The lowest BCUT2D eigenvalue weighted by atomic mass is 10.1. The predicted octanol–water partition coefficient (Wildman–Crippen LogP) is 1.98. The van der Waals surface area contributed by atoms with E-state index in [9.17, 15) is 10.1 Å². The van der Waals surface area contributed by atoms with Crippen molar-refractivity contribution in [2.24, 2.45) is 7.05 Å². The molecule has 0 fully saturated rings. The molecule has 1 heterocycles. The third-order valence-corrected chi connectivity index (χ3v) is 2.59. The van der Waals surface area contributed by atoms with Gasteiger partial charge in [0.2, 0.25) is 0 Å². The van der Waals surface area contributed by atoms with Gasteiger partial charge >= 0.3 is 0 Å². The Labute approximate surface area is 104 Å². The minimum absolute atomic E-state index is 0.124. The zero-order chi connectivity index (χ0) is 13.0. The summed E-state index contributed by atoms with van der Waals surface area (Å²) in [6.07, 6.45) is 4.47. The van der Waals surface area contributed by atoms with Gasteiger partial charge in [0, 0.05) is 31.9 Å². The summed E-state index contributed by atoms with van der Waals surface area (Å²) >= 11 is 0. The average Bonchev–Trinajstić information content (AvgIpc) is 2.76. The lowest BCUT2D eigenvalue weighted by Crippen LogP contribution is -2.04. The highest BCUT2D eigenvalue weighted by Gasteiger charge is 2.03. The lowest BCUT2D eigenvalue weighted by molar-refractivity contribution is -0.384. The Hall–Kier alpha value is -2.37.